The van der Waals surface area contributed by atoms with Crippen molar-refractivity contribution in [2.24, 2.45) is 11.8 Å². The number of rotatable bonds is 7. The molecule has 0 aliphatic heterocycles. The van der Waals surface area contributed by atoms with Crippen molar-refractivity contribution in [3.05, 3.63) is 12.7 Å². The van der Waals surface area contributed by atoms with Gasteiger partial charge in [0.25, 0.3) is 0 Å². The Hall–Kier alpha value is -0.300. The second kappa shape index (κ2) is 7.05. The molecule has 0 aromatic rings. The largest absolute Gasteiger partial charge is 0.317 e. The van der Waals surface area contributed by atoms with Gasteiger partial charge in [0, 0.05) is 6.04 Å². The predicted octanol–water partition coefficient (Wildman–Crippen LogP) is 3.76. The van der Waals surface area contributed by atoms with Crippen LogP contribution in [-0.2, 0) is 0 Å². The Bertz CT molecular complexity index is 176. The van der Waals surface area contributed by atoms with Gasteiger partial charge in [0.05, 0.1) is 0 Å². The summed E-state index contributed by atoms with van der Waals surface area (Å²) in [5.74, 6) is 1.86. The Morgan fingerprint density at radius 3 is 2.67 bits per heavy atom. The van der Waals surface area contributed by atoms with E-state index in [1.165, 1.54) is 44.9 Å². The molecule has 0 bridgehead atoms. The molecule has 1 rings (SSSR count). The fraction of sp³-hybridized carbons (Fsp3) is 0.857. The molecule has 15 heavy (non-hydrogen) atoms. The maximum absolute atomic E-state index is 3.76. The lowest BCUT2D eigenvalue weighted by molar-refractivity contribution is 0.338. The van der Waals surface area contributed by atoms with Crippen LogP contribution < -0.4 is 5.32 Å². The van der Waals surface area contributed by atoms with E-state index in [1.54, 1.807) is 0 Å². The third-order valence-corrected chi connectivity index (χ3v) is 4.08. The smallest absolute Gasteiger partial charge is 0.00924 e. The maximum Gasteiger partial charge on any atom is 0.00924 e. The van der Waals surface area contributed by atoms with Gasteiger partial charge in [-0.15, -0.1) is 6.58 Å². The molecule has 1 N–H and O–H groups in total. The number of allylic oxidation sites excluding steroid dienone is 1. The minimum atomic E-state index is 0.781. The van der Waals surface area contributed by atoms with Gasteiger partial charge in [-0.05, 0) is 44.6 Å². The van der Waals surface area contributed by atoms with Crippen LogP contribution in [0.1, 0.15) is 51.9 Å². The molecule has 1 nitrogen and oxygen atoms in total. The first-order valence-corrected chi connectivity index (χ1v) is 6.57. The van der Waals surface area contributed by atoms with Crippen molar-refractivity contribution in [2.45, 2.75) is 57.9 Å². The molecule has 1 aliphatic carbocycles. The third-order valence-electron chi connectivity index (χ3n) is 4.08. The zero-order valence-electron chi connectivity index (χ0n) is 10.5. The number of hydrogen-bond donors (Lipinski definition) is 1. The number of hydrogen-bond acceptors (Lipinski definition) is 1. The molecule has 1 heteroatoms. The Morgan fingerprint density at radius 1 is 1.27 bits per heavy atom. The monoisotopic (exact) mass is 209 g/mol. The van der Waals surface area contributed by atoms with Gasteiger partial charge in [-0.25, -0.2) is 0 Å². The summed E-state index contributed by atoms with van der Waals surface area (Å²) < 4.78 is 0. The Balaban J connectivity index is 2.09. The average Bonchev–Trinajstić information content (AvgIpc) is 2.60. The van der Waals surface area contributed by atoms with Gasteiger partial charge in [0.15, 0.2) is 0 Å². The minimum absolute atomic E-state index is 0.781. The SMILES string of the molecule is C=CCCCCCC1CCC(NC)C1C. The molecule has 3 atom stereocenters. The van der Waals surface area contributed by atoms with E-state index in [1.807, 2.05) is 6.08 Å². The number of nitrogens with one attached hydrogen (secondary N) is 1. The summed E-state index contributed by atoms with van der Waals surface area (Å²) in [4.78, 5) is 0. The molecule has 0 aromatic heterocycles. The summed E-state index contributed by atoms with van der Waals surface area (Å²) in [7, 11) is 2.10. The van der Waals surface area contributed by atoms with Gasteiger partial charge in [0.1, 0.15) is 0 Å². The summed E-state index contributed by atoms with van der Waals surface area (Å²) in [5.41, 5.74) is 0. The predicted molar refractivity (Wildman–Crippen MR) is 68.0 cm³/mol. The van der Waals surface area contributed by atoms with Crippen LogP contribution in [0.3, 0.4) is 0 Å². The summed E-state index contributed by atoms with van der Waals surface area (Å²) >= 11 is 0. The van der Waals surface area contributed by atoms with Crippen molar-refractivity contribution in [1.29, 1.82) is 0 Å². The van der Waals surface area contributed by atoms with Gasteiger partial charge in [-0.1, -0.05) is 32.3 Å². The Morgan fingerprint density at radius 2 is 2.07 bits per heavy atom. The van der Waals surface area contributed by atoms with Crippen molar-refractivity contribution in [1.82, 2.24) is 5.32 Å². The van der Waals surface area contributed by atoms with Crippen LogP contribution in [0.5, 0.6) is 0 Å². The molecule has 0 heterocycles. The molecule has 1 fully saturated rings. The lowest BCUT2D eigenvalue weighted by atomic mass is 9.90. The van der Waals surface area contributed by atoms with Crippen molar-refractivity contribution < 1.29 is 0 Å². The van der Waals surface area contributed by atoms with Crippen LogP contribution in [0.4, 0.5) is 0 Å². The molecule has 3 unspecified atom stereocenters. The zero-order valence-corrected chi connectivity index (χ0v) is 10.5. The van der Waals surface area contributed by atoms with Gasteiger partial charge in [-0.3, -0.25) is 0 Å². The molecule has 0 spiro atoms. The first-order chi connectivity index (χ1) is 7.29. The lowest BCUT2D eigenvalue weighted by Gasteiger charge is -2.20. The van der Waals surface area contributed by atoms with E-state index in [4.69, 9.17) is 0 Å². The van der Waals surface area contributed by atoms with Gasteiger partial charge in [-0.2, -0.15) is 0 Å². The highest BCUT2D eigenvalue weighted by Crippen LogP contribution is 2.35. The normalized spacial score (nSPS) is 30.7. The summed E-state index contributed by atoms with van der Waals surface area (Å²) in [5, 5.41) is 3.44. The van der Waals surface area contributed by atoms with Crippen LogP contribution in [0, 0.1) is 11.8 Å². The van der Waals surface area contributed by atoms with Crippen LogP contribution in [0.2, 0.25) is 0 Å². The van der Waals surface area contributed by atoms with Crippen molar-refractivity contribution in [3.63, 3.8) is 0 Å². The average molecular weight is 209 g/mol. The van der Waals surface area contributed by atoms with E-state index in [-0.39, 0.29) is 0 Å². The van der Waals surface area contributed by atoms with E-state index < -0.39 is 0 Å². The van der Waals surface area contributed by atoms with Crippen LogP contribution in [0.25, 0.3) is 0 Å². The first kappa shape index (κ1) is 12.8. The number of unbranched alkanes of at least 4 members (excludes halogenated alkanes) is 3. The van der Waals surface area contributed by atoms with Gasteiger partial charge >= 0.3 is 0 Å². The zero-order chi connectivity index (χ0) is 11.1. The molecule has 0 amide bonds. The van der Waals surface area contributed by atoms with Crippen molar-refractivity contribution in [2.75, 3.05) is 7.05 Å². The quantitative estimate of drug-likeness (QED) is 0.497. The maximum atomic E-state index is 3.76. The van der Waals surface area contributed by atoms with E-state index in [0.29, 0.717) is 0 Å². The molecular weight excluding hydrogens is 182 g/mol. The highest BCUT2D eigenvalue weighted by atomic mass is 14.9. The summed E-state index contributed by atoms with van der Waals surface area (Å²) in [6, 6.07) is 0.781. The third kappa shape index (κ3) is 3.98. The summed E-state index contributed by atoms with van der Waals surface area (Å²) in [6.45, 7) is 6.18. The van der Waals surface area contributed by atoms with Crippen LogP contribution in [0.15, 0.2) is 12.7 Å². The first-order valence-electron chi connectivity index (χ1n) is 6.57. The molecular formula is C14H27N. The minimum Gasteiger partial charge on any atom is -0.317 e. The molecule has 0 saturated heterocycles. The van der Waals surface area contributed by atoms with E-state index in [0.717, 1.165) is 17.9 Å². The molecule has 88 valence electrons. The second-order valence-corrected chi connectivity index (χ2v) is 5.02. The van der Waals surface area contributed by atoms with E-state index in [9.17, 15) is 0 Å². The van der Waals surface area contributed by atoms with Crippen LogP contribution >= 0.6 is 0 Å². The van der Waals surface area contributed by atoms with Crippen molar-refractivity contribution in [3.8, 4) is 0 Å². The Labute approximate surface area is 95.3 Å². The molecule has 0 aromatic carbocycles. The summed E-state index contributed by atoms with van der Waals surface area (Å²) in [6.07, 6.45) is 11.6. The molecule has 0 radical (unpaired) electrons. The Kier molecular flexibility index (Phi) is 6.00. The fourth-order valence-electron chi connectivity index (χ4n) is 2.93. The highest BCUT2D eigenvalue weighted by Gasteiger charge is 2.30. The molecule has 1 saturated carbocycles. The van der Waals surface area contributed by atoms with E-state index >= 15 is 0 Å². The topological polar surface area (TPSA) is 12.0 Å². The highest BCUT2D eigenvalue weighted by molar-refractivity contribution is 4.85. The lowest BCUT2D eigenvalue weighted by Crippen LogP contribution is -2.29. The van der Waals surface area contributed by atoms with E-state index in [2.05, 4.69) is 25.9 Å². The standard InChI is InChI=1S/C14H27N/c1-4-5-6-7-8-9-13-10-11-14(15-3)12(13)2/h4,12-15H,1,5-11H2,2-3H3. The second-order valence-electron chi connectivity index (χ2n) is 5.02. The molecule has 1 aliphatic rings. The van der Waals surface area contributed by atoms with Crippen molar-refractivity contribution >= 4 is 0 Å². The van der Waals surface area contributed by atoms with Crippen LogP contribution in [-0.4, -0.2) is 13.1 Å². The van der Waals surface area contributed by atoms with Gasteiger partial charge in [0.2, 0.25) is 0 Å². The van der Waals surface area contributed by atoms with Gasteiger partial charge < -0.3 is 5.32 Å². The fourth-order valence-corrected chi connectivity index (χ4v) is 2.93.